The predicted molar refractivity (Wildman–Crippen MR) is 89.7 cm³/mol. The Morgan fingerprint density at radius 1 is 1.24 bits per heavy atom. The molecule has 2 aromatic carbocycles. The second-order valence-electron chi connectivity index (χ2n) is 4.73. The Balaban J connectivity index is 2.07. The normalized spacial score (nSPS) is 12.3. The second-order valence-corrected chi connectivity index (χ2v) is 5.76. The van der Waals surface area contributed by atoms with Crippen molar-refractivity contribution >= 4 is 28.5 Å². The number of carbonyl (C=O) groups is 1. The SMILES string of the molecule is CCOC(=O)CSCC(NC)c1cccc2ccccc12. The fourth-order valence-corrected chi connectivity index (χ4v) is 3.30. The maximum atomic E-state index is 11.4. The minimum absolute atomic E-state index is 0.143. The van der Waals surface area contributed by atoms with E-state index in [-0.39, 0.29) is 12.0 Å². The minimum atomic E-state index is -0.143. The molecule has 112 valence electrons. The Bertz CT molecular complexity index is 595. The van der Waals surface area contributed by atoms with E-state index in [1.807, 2.05) is 14.0 Å². The average molecular weight is 303 g/mol. The van der Waals surface area contributed by atoms with Crippen LogP contribution < -0.4 is 5.32 Å². The van der Waals surface area contributed by atoms with Gasteiger partial charge in [0.1, 0.15) is 0 Å². The molecule has 0 spiro atoms. The number of carbonyl (C=O) groups excluding carboxylic acids is 1. The van der Waals surface area contributed by atoms with Crippen LogP contribution >= 0.6 is 11.8 Å². The number of thioether (sulfide) groups is 1. The van der Waals surface area contributed by atoms with Crippen LogP contribution in [0.4, 0.5) is 0 Å². The van der Waals surface area contributed by atoms with Gasteiger partial charge in [0.15, 0.2) is 0 Å². The van der Waals surface area contributed by atoms with Crippen LogP contribution in [-0.2, 0) is 9.53 Å². The summed E-state index contributed by atoms with van der Waals surface area (Å²) >= 11 is 1.60. The molecule has 0 aliphatic heterocycles. The molecule has 21 heavy (non-hydrogen) atoms. The molecule has 0 saturated heterocycles. The molecular weight excluding hydrogens is 282 g/mol. The third-order valence-corrected chi connectivity index (χ3v) is 4.37. The van der Waals surface area contributed by atoms with Crippen LogP contribution in [0.25, 0.3) is 10.8 Å². The summed E-state index contributed by atoms with van der Waals surface area (Å²) < 4.78 is 4.95. The van der Waals surface area contributed by atoms with Gasteiger partial charge in [-0.1, -0.05) is 42.5 Å². The molecule has 0 saturated carbocycles. The number of hydrogen-bond acceptors (Lipinski definition) is 4. The largest absolute Gasteiger partial charge is 0.465 e. The van der Waals surface area contributed by atoms with Gasteiger partial charge in [0.05, 0.1) is 12.4 Å². The molecular formula is C17H21NO2S. The number of nitrogens with one attached hydrogen (secondary N) is 1. The highest BCUT2D eigenvalue weighted by molar-refractivity contribution is 7.99. The van der Waals surface area contributed by atoms with Gasteiger partial charge in [-0.25, -0.2) is 0 Å². The Morgan fingerprint density at radius 2 is 2.00 bits per heavy atom. The Kier molecular flexibility index (Phi) is 6.08. The predicted octanol–water partition coefficient (Wildman–Crippen LogP) is 3.40. The van der Waals surface area contributed by atoms with Crippen molar-refractivity contribution in [2.75, 3.05) is 25.2 Å². The number of rotatable bonds is 7. The summed E-state index contributed by atoms with van der Waals surface area (Å²) in [4.78, 5) is 11.4. The molecule has 1 N–H and O–H groups in total. The molecule has 0 aliphatic rings. The van der Waals surface area contributed by atoms with Crippen LogP contribution in [-0.4, -0.2) is 31.1 Å². The second kappa shape index (κ2) is 8.05. The Labute approximate surface area is 130 Å². The highest BCUT2D eigenvalue weighted by Crippen LogP contribution is 2.26. The smallest absolute Gasteiger partial charge is 0.315 e. The van der Waals surface area contributed by atoms with E-state index in [2.05, 4.69) is 47.8 Å². The topological polar surface area (TPSA) is 38.3 Å². The molecule has 0 aliphatic carbocycles. The zero-order valence-electron chi connectivity index (χ0n) is 12.5. The van der Waals surface area contributed by atoms with Crippen LogP contribution in [0.1, 0.15) is 18.5 Å². The number of hydrogen-bond donors (Lipinski definition) is 1. The molecule has 2 rings (SSSR count). The van der Waals surface area contributed by atoms with Gasteiger partial charge < -0.3 is 10.1 Å². The van der Waals surface area contributed by atoms with Gasteiger partial charge in [0.2, 0.25) is 0 Å². The first-order valence-electron chi connectivity index (χ1n) is 7.14. The van der Waals surface area contributed by atoms with Gasteiger partial charge in [0.25, 0.3) is 0 Å². The van der Waals surface area contributed by atoms with Crippen molar-refractivity contribution < 1.29 is 9.53 Å². The van der Waals surface area contributed by atoms with Crippen LogP contribution in [0.15, 0.2) is 42.5 Å². The lowest BCUT2D eigenvalue weighted by Crippen LogP contribution is -2.20. The molecule has 3 nitrogen and oxygen atoms in total. The zero-order valence-corrected chi connectivity index (χ0v) is 13.3. The Morgan fingerprint density at radius 3 is 2.76 bits per heavy atom. The van der Waals surface area contributed by atoms with Crippen LogP contribution in [0.5, 0.6) is 0 Å². The molecule has 0 bridgehead atoms. The summed E-state index contributed by atoms with van der Waals surface area (Å²) in [5.74, 6) is 1.09. The summed E-state index contributed by atoms with van der Waals surface area (Å²) in [6, 6.07) is 14.9. The summed E-state index contributed by atoms with van der Waals surface area (Å²) in [7, 11) is 1.96. The maximum Gasteiger partial charge on any atom is 0.315 e. The first-order valence-corrected chi connectivity index (χ1v) is 8.30. The molecule has 0 amide bonds. The number of esters is 1. The highest BCUT2D eigenvalue weighted by Gasteiger charge is 2.13. The van der Waals surface area contributed by atoms with E-state index in [9.17, 15) is 4.79 Å². The fraction of sp³-hybridized carbons (Fsp3) is 0.353. The van der Waals surface area contributed by atoms with Gasteiger partial charge in [-0.05, 0) is 30.3 Å². The van der Waals surface area contributed by atoms with Gasteiger partial charge >= 0.3 is 5.97 Å². The van der Waals surface area contributed by atoms with Crippen LogP contribution in [0.2, 0.25) is 0 Å². The van der Waals surface area contributed by atoms with Gasteiger partial charge in [-0.3, -0.25) is 4.79 Å². The van der Waals surface area contributed by atoms with E-state index in [1.54, 1.807) is 11.8 Å². The summed E-state index contributed by atoms with van der Waals surface area (Å²) in [5, 5.41) is 5.84. The zero-order chi connectivity index (χ0) is 15.1. The monoisotopic (exact) mass is 303 g/mol. The van der Waals surface area contributed by atoms with E-state index < -0.39 is 0 Å². The first-order chi connectivity index (χ1) is 10.3. The van der Waals surface area contributed by atoms with Crippen molar-refractivity contribution in [2.24, 2.45) is 0 Å². The van der Waals surface area contributed by atoms with E-state index in [0.717, 1.165) is 5.75 Å². The van der Waals surface area contributed by atoms with E-state index >= 15 is 0 Å². The number of benzene rings is 2. The Hall–Kier alpha value is -1.52. The summed E-state index contributed by atoms with van der Waals surface area (Å²) in [6.45, 7) is 2.27. The van der Waals surface area contributed by atoms with Crippen LogP contribution in [0.3, 0.4) is 0 Å². The van der Waals surface area contributed by atoms with Gasteiger partial charge in [-0.15, -0.1) is 11.8 Å². The van der Waals surface area contributed by atoms with E-state index in [1.165, 1.54) is 16.3 Å². The van der Waals surface area contributed by atoms with E-state index in [0.29, 0.717) is 12.4 Å². The van der Waals surface area contributed by atoms with Gasteiger partial charge in [-0.2, -0.15) is 0 Å². The first kappa shape index (κ1) is 15.9. The standard InChI is InChI=1S/C17H21NO2S/c1-3-20-17(19)12-21-11-16(18-2)15-10-6-8-13-7-4-5-9-14(13)15/h4-10,16,18H,3,11-12H2,1-2H3. The molecule has 0 radical (unpaired) electrons. The molecule has 0 fully saturated rings. The summed E-state index contributed by atoms with van der Waals surface area (Å²) in [6.07, 6.45) is 0. The lowest BCUT2D eigenvalue weighted by molar-refractivity contribution is -0.139. The quantitative estimate of drug-likeness (QED) is 0.796. The lowest BCUT2D eigenvalue weighted by Gasteiger charge is -2.18. The van der Waals surface area contributed by atoms with Crippen molar-refractivity contribution in [3.05, 3.63) is 48.0 Å². The fourth-order valence-electron chi connectivity index (χ4n) is 2.35. The maximum absolute atomic E-state index is 11.4. The minimum Gasteiger partial charge on any atom is -0.465 e. The third-order valence-electron chi connectivity index (χ3n) is 3.36. The highest BCUT2D eigenvalue weighted by atomic mass is 32.2. The molecule has 0 aromatic heterocycles. The van der Waals surface area contributed by atoms with Gasteiger partial charge in [0, 0.05) is 11.8 Å². The van der Waals surface area contributed by atoms with Crippen molar-refractivity contribution in [3.8, 4) is 0 Å². The molecule has 1 unspecified atom stereocenters. The molecule has 2 aromatic rings. The van der Waals surface area contributed by atoms with Crippen molar-refractivity contribution in [1.29, 1.82) is 0 Å². The molecule has 4 heteroatoms. The lowest BCUT2D eigenvalue weighted by atomic mass is 10.00. The molecule has 0 heterocycles. The van der Waals surface area contributed by atoms with Crippen molar-refractivity contribution in [3.63, 3.8) is 0 Å². The van der Waals surface area contributed by atoms with Crippen molar-refractivity contribution in [2.45, 2.75) is 13.0 Å². The number of ether oxygens (including phenoxy) is 1. The summed E-state index contributed by atoms with van der Waals surface area (Å²) in [5.41, 5.74) is 1.27. The third kappa shape index (κ3) is 4.22. The number of fused-ring (bicyclic) bond motifs is 1. The van der Waals surface area contributed by atoms with Crippen LogP contribution in [0, 0.1) is 0 Å². The average Bonchev–Trinajstić information content (AvgIpc) is 2.51. The molecule has 1 atom stereocenters. The van der Waals surface area contributed by atoms with Crippen molar-refractivity contribution in [1.82, 2.24) is 5.32 Å². The van der Waals surface area contributed by atoms with E-state index in [4.69, 9.17) is 4.74 Å².